The highest BCUT2D eigenvalue weighted by atomic mass is 16.5. The van der Waals surface area contributed by atoms with Crippen LogP contribution in [0.1, 0.15) is 35.2 Å². The number of carbonyl (C=O) groups is 2. The predicted molar refractivity (Wildman–Crippen MR) is 153 cm³/mol. The summed E-state index contributed by atoms with van der Waals surface area (Å²) in [6.07, 6.45) is 2.67. The third-order valence-corrected chi connectivity index (χ3v) is 7.63. The van der Waals surface area contributed by atoms with Gasteiger partial charge in [-0.1, -0.05) is 30.3 Å². The van der Waals surface area contributed by atoms with Gasteiger partial charge >= 0.3 is 0 Å². The second-order valence-electron chi connectivity index (χ2n) is 10.4. The van der Waals surface area contributed by atoms with Crippen LogP contribution in [0.5, 0.6) is 5.75 Å². The summed E-state index contributed by atoms with van der Waals surface area (Å²) in [5, 5.41) is 8.93. The molecule has 9 nitrogen and oxygen atoms in total. The minimum absolute atomic E-state index is 0.0288. The zero-order chi connectivity index (χ0) is 27.9. The summed E-state index contributed by atoms with van der Waals surface area (Å²) in [4.78, 5) is 32.7. The highest BCUT2D eigenvalue weighted by molar-refractivity contribution is 5.97. The van der Waals surface area contributed by atoms with Gasteiger partial charge in [0.05, 0.1) is 18.9 Å². The van der Waals surface area contributed by atoms with E-state index in [4.69, 9.17) is 9.47 Å². The van der Waals surface area contributed by atoms with Crippen molar-refractivity contribution < 1.29 is 19.1 Å². The summed E-state index contributed by atoms with van der Waals surface area (Å²) in [6, 6.07) is 19.2. The Bertz CT molecular complexity index is 1310. The van der Waals surface area contributed by atoms with Crippen molar-refractivity contribution in [3.05, 3.63) is 71.8 Å². The summed E-state index contributed by atoms with van der Waals surface area (Å²) in [5.41, 5.74) is 3.25. The van der Waals surface area contributed by atoms with E-state index in [2.05, 4.69) is 15.1 Å². The lowest BCUT2D eigenvalue weighted by Crippen LogP contribution is -2.46. The van der Waals surface area contributed by atoms with E-state index in [1.807, 2.05) is 72.5 Å². The van der Waals surface area contributed by atoms with Crippen LogP contribution >= 0.6 is 0 Å². The zero-order valence-corrected chi connectivity index (χ0v) is 23.3. The number of anilines is 1. The van der Waals surface area contributed by atoms with E-state index in [9.17, 15) is 9.59 Å². The van der Waals surface area contributed by atoms with Gasteiger partial charge in [0, 0.05) is 50.5 Å². The van der Waals surface area contributed by atoms with E-state index in [0.717, 1.165) is 54.2 Å². The molecule has 0 radical (unpaired) electrons. The first-order valence-corrected chi connectivity index (χ1v) is 14.0. The lowest BCUT2D eigenvalue weighted by Gasteiger charge is -2.29. The van der Waals surface area contributed by atoms with Crippen LogP contribution in [0.15, 0.2) is 60.7 Å². The number of rotatable bonds is 8. The van der Waals surface area contributed by atoms with Crippen molar-refractivity contribution in [1.82, 2.24) is 20.0 Å². The Labute approximate surface area is 235 Å². The zero-order valence-electron chi connectivity index (χ0n) is 23.3. The number of benzene rings is 2. The number of nitrogens with zero attached hydrogens (tertiary/aromatic N) is 5. The van der Waals surface area contributed by atoms with Crippen molar-refractivity contribution in [3.8, 4) is 17.0 Å². The normalized spacial score (nSPS) is 17.4. The SMILES string of the molecule is COc1cccc(-c2ccc(N3CCCN(C(=O)CN(CC4CCCO4)C(=O)c4ccccc4C)CC3)nn2)c1. The van der Waals surface area contributed by atoms with Crippen molar-refractivity contribution in [2.24, 2.45) is 0 Å². The fourth-order valence-corrected chi connectivity index (χ4v) is 5.33. The van der Waals surface area contributed by atoms with Gasteiger partial charge in [-0.3, -0.25) is 9.59 Å². The number of amides is 2. The highest BCUT2D eigenvalue weighted by Gasteiger charge is 2.28. The van der Waals surface area contributed by atoms with Gasteiger partial charge in [-0.15, -0.1) is 10.2 Å². The second kappa shape index (κ2) is 12.9. The Kier molecular flexibility index (Phi) is 8.91. The molecule has 1 atom stereocenters. The predicted octanol–water partition coefficient (Wildman–Crippen LogP) is 3.82. The highest BCUT2D eigenvalue weighted by Crippen LogP contribution is 2.23. The van der Waals surface area contributed by atoms with Gasteiger partial charge in [-0.05, 0) is 62.1 Å². The molecule has 2 saturated heterocycles. The van der Waals surface area contributed by atoms with E-state index >= 15 is 0 Å². The average Bonchev–Trinajstić information content (AvgIpc) is 3.38. The van der Waals surface area contributed by atoms with Crippen LogP contribution in [0.2, 0.25) is 0 Å². The van der Waals surface area contributed by atoms with Crippen molar-refractivity contribution in [2.75, 3.05) is 57.9 Å². The molecule has 3 aromatic rings. The standard InChI is InChI=1S/C31H37N5O4/c1-23-8-3-4-12-27(23)31(38)36(21-26-11-6-19-40-26)22-30(37)35-16-7-15-34(17-18-35)29-14-13-28(32-33-29)24-9-5-10-25(20-24)39-2/h3-5,8-10,12-14,20,26H,6-7,11,15-19,21-22H2,1-2H3. The molecule has 2 fully saturated rings. The Morgan fingerprint density at radius 3 is 2.62 bits per heavy atom. The third kappa shape index (κ3) is 6.59. The van der Waals surface area contributed by atoms with Crippen LogP contribution in [0.25, 0.3) is 11.3 Å². The topological polar surface area (TPSA) is 88.1 Å². The first kappa shape index (κ1) is 27.6. The number of hydrogen-bond acceptors (Lipinski definition) is 7. The van der Waals surface area contributed by atoms with Crippen molar-refractivity contribution in [1.29, 1.82) is 0 Å². The van der Waals surface area contributed by atoms with Gasteiger partial charge < -0.3 is 24.2 Å². The number of carbonyl (C=O) groups excluding carboxylic acids is 2. The molecular formula is C31H37N5O4. The Morgan fingerprint density at radius 2 is 1.88 bits per heavy atom. The molecule has 40 heavy (non-hydrogen) atoms. The van der Waals surface area contributed by atoms with Crippen molar-refractivity contribution >= 4 is 17.6 Å². The van der Waals surface area contributed by atoms with Crippen LogP contribution in [-0.4, -0.2) is 90.9 Å². The van der Waals surface area contributed by atoms with E-state index in [1.54, 1.807) is 12.0 Å². The molecule has 3 heterocycles. The molecule has 0 N–H and O–H groups in total. The number of hydrogen-bond donors (Lipinski definition) is 0. The maximum Gasteiger partial charge on any atom is 0.254 e. The molecule has 1 unspecified atom stereocenters. The minimum Gasteiger partial charge on any atom is -0.497 e. The van der Waals surface area contributed by atoms with Gasteiger partial charge in [0.2, 0.25) is 5.91 Å². The summed E-state index contributed by atoms with van der Waals surface area (Å²) in [6.45, 7) is 5.72. The number of aryl methyl sites for hydroxylation is 1. The molecule has 5 rings (SSSR count). The second-order valence-corrected chi connectivity index (χ2v) is 10.4. The molecule has 0 bridgehead atoms. The summed E-state index contributed by atoms with van der Waals surface area (Å²) in [7, 11) is 1.64. The Balaban J connectivity index is 1.23. The summed E-state index contributed by atoms with van der Waals surface area (Å²) >= 11 is 0. The number of aromatic nitrogens is 2. The lowest BCUT2D eigenvalue weighted by atomic mass is 10.1. The first-order chi connectivity index (χ1) is 19.5. The Morgan fingerprint density at radius 1 is 1.00 bits per heavy atom. The molecule has 1 aromatic heterocycles. The smallest absolute Gasteiger partial charge is 0.254 e. The van der Waals surface area contributed by atoms with Gasteiger partial charge in [-0.2, -0.15) is 0 Å². The van der Waals surface area contributed by atoms with E-state index in [1.165, 1.54) is 0 Å². The van der Waals surface area contributed by atoms with Crippen LogP contribution < -0.4 is 9.64 Å². The van der Waals surface area contributed by atoms with Crippen LogP contribution in [0.3, 0.4) is 0 Å². The largest absolute Gasteiger partial charge is 0.497 e. The lowest BCUT2D eigenvalue weighted by molar-refractivity contribution is -0.132. The van der Waals surface area contributed by atoms with Crippen LogP contribution in [-0.2, 0) is 9.53 Å². The van der Waals surface area contributed by atoms with E-state index < -0.39 is 0 Å². The number of methoxy groups -OCH3 is 1. The molecule has 0 saturated carbocycles. The maximum atomic E-state index is 13.5. The monoisotopic (exact) mass is 543 g/mol. The van der Waals surface area contributed by atoms with Crippen molar-refractivity contribution in [3.63, 3.8) is 0 Å². The van der Waals surface area contributed by atoms with Crippen LogP contribution in [0, 0.1) is 6.92 Å². The van der Waals surface area contributed by atoms with Crippen LogP contribution in [0.4, 0.5) is 5.82 Å². The number of ether oxygens (including phenoxy) is 2. The van der Waals surface area contributed by atoms with E-state index in [-0.39, 0.29) is 24.5 Å². The molecule has 0 aliphatic carbocycles. The molecule has 2 aliphatic heterocycles. The molecule has 0 spiro atoms. The maximum absolute atomic E-state index is 13.5. The van der Waals surface area contributed by atoms with Crippen molar-refractivity contribution in [2.45, 2.75) is 32.3 Å². The molecule has 9 heteroatoms. The minimum atomic E-state index is -0.121. The quantitative estimate of drug-likeness (QED) is 0.427. The van der Waals surface area contributed by atoms with Gasteiger partial charge in [0.1, 0.15) is 12.3 Å². The average molecular weight is 544 g/mol. The Hall–Kier alpha value is -3.98. The third-order valence-electron chi connectivity index (χ3n) is 7.63. The van der Waals surface area contributed by atoms with Gasteiger partial charge in [0.25, 0.3) is 5.91 Å². The summed E-state index contributed by atoms with van der Waals surface area (Å²) in [5.74, 6) is 1.40. The molecule has 2 amide bonds. The first-order valence-electron chi connectivity index (χ1n) is 14.0. The molecule has 210 valence electrons. The molecule has 2 aliphatic rings. The molecule has 2 aromatic carbocycles. The van der Waals surface area contributed by atoms with Gasteiger partial charge in [-0.25, -0.2) is 0 Å². The molecular weight excluding hydrogens is 506 g/mol. The van der Waals surface area contributed by atoms with Gasteiger partial charge in [0.15, 0.2) is 5.82 Å². The summed E-state index contributed by atoms with van der Waals surface area (Å²) < 4.78 is 11.1. The fraction of sp³-hybridized carbons (Fsp3) is 0.419. The van der Waals surface area contributed by atoms with E-state index in [0.29, 0.717) is 38.3 Å². The fourth-order valence-electron chi connectivity index (χ4n) is 5.33.